The van der Waals surface area contributed by atoms with Gasteiger partial charge in [0, 0.05) is 62.2 Å². The second-order valence-corrected chi connectivity index (χ2v) is 11.9. The van der Waals surface area contributed by atoms with E-state index in [1.807, 2.05) is 0 Å². The molecular weight excluding hydrogens is 636 g/mol. The quantitative estimate of drug-likeness (QED) is 0.172. The average molecular weight is 663 g/mol. The molecule has 0 radical (unpaired) electrons. The van der Waals surface area contributed by atoms with Gasteiger partial charge in [-0.25, -0.2) is 26.3 Å². The zero-order valence-electron chi connectivity index (χ0n) is 24.7. The van der Waals surface area contributed by atoms with Crippen molar-refractivity contribution in [1.82, 2.24) is 19.7 Å². The Bertz CT molecular complexity index is 1870. The zero-order chi connectivity index (χ0) is 33.8. The largest absolute Gasteiger partial charge is 0.337 e. The number of alkyl halides is 6. The van der Waals surface area contributed by atoms with Crippen LogP contribution in [0.3, 0.4) is 0 Å². The van der Waals surface area contributed by atoms with Crippen LogP contribution < -0.4 is 0 Å². The molecule has 0 fully saturated rings. The number of benzene rings is 2. The number of hydrogen-bond donors (Lipinski definition) is 0. The number of carbonyl (C=O) groups is 2. The van der Waals surface area contributed by atoms with Gasteiger partial charge in [0.2, 0.25) is 0 Å². The first kappa shape index (κ1) is 32.3. The van der Waals surface area contributed by atoms with E-state index in [4.69, 9.17) is 0 Å². The summed E-state index contributed by atoms with van der Waals surface area (Å²) in [5.41, 5.74) is -1.73. The predicted octanol–water partition coefficient (Wildman–Crippen LogP) is 7.71. The number of halogens is 8. The van der Waals surface area contributed by atoms with Crippen molar-refractivity contribution >= 4 is 11.7 Å². The van der Waals surface area contributed by atoms with E-state index in [1.165, 1.54) is 11.1 Å². The van der Waals surface area contributed by atoms with E-state index in [9.17, 15) is 44.7 Å². The lowest BCUT2D eigenvalue weighted by atomic mass is 9.86. The maximum atomic E-state index is 14.9. The van der Waals surface area contributed by atoms with Crippen LogP contribution in [0.5, 0.6) is 0 Å². The molecule has 3 heterocycles. The molecule has 246 valence electrons. The van der Waals surface area contributed by atoms with Gasteiger partial charge in [-0.05, 0) is 53.4 Å². The van der Waals surface area contributed by atoms with Crippen LogP contribution in [0.15, 0.2) is 54.7 Å². The highest BCUT2D eigenvalue weighted by molar-refractivity contribution is 5.98. The highest BCUT2D eigenvalue weighted by Crippen LogP contribution is 2.52. The van der Waals surface area contributed by atoms with Gasteiger partial charge in [0.15, 0.2) is 5.78 Å². The van der Waals surface area contributed by atoms with Crippen molar-refractivity contribution < 1.29 is 44.7 Å². The van der Waals surface area contributed by atoms with E-state index >= 15 is 0 Å². The van der Waals surface area contributed by atoms with Crippen LogP contribution in [-0.4, -0.2) is 38.4 Å². The monoisotopic (exact) mass is 662 g/mol. The Kier molecular flexibility index (Phi) is 8.17. The van der Waals surface area contributed by atoms with Gasteiger partial charge in [0.1, 0.15) is 29.6 Å². The van der Waals surface area contributed by atoms with Crippen LogP contribution in [0.2, 0.25) is 0 Å². The molecule has 0 saturated heterocycles. The Hall–Kier alpha value is -4.62. The van der Waals surface area contributed by atoms with Crippen LogP contribution in [0.25, 0.3) is 11.1 Å². The summed E-state index contributed by atoms with van der Waals surface area (Å²) in [7, 11) is 1.65. The fourth-order valence-corrected chi connectivity index (χ4v) is 6.44. The molecule has 1 aliphatic heterocycles. The Morgan fingerprint density at radius 3 is 2.34 bits per heavy atom. The second kappa shape index (κ2) is 11.9. The minimum Gasteiger partial charge on any atom is -0.337 e. The maximum absolute atomic E-state index is 14.9. The number of nitrogens with zero attached hydrogens (tertiary/aromatic N) is 4. The van der Waals surface area contributed by atoms with Gasteiger partial charge in [0.25, 0.3) is 24.2 Å². The lowest BCUT2D eigenvalue weighted by Gasteiger charge is -2.29. The smallest absolute Gasteiger partial charge is 0.290 e. The summed E-state index contributed by atoms with van der Waals surface area (Å²) in [5, 5.41) is 3.36. The van der Waals surface area contributed by atoms with Crippen molar-refractivity contribution in [2.24, 2.45) is 0 Å². The molecule has 0 saturated carbocycles. The molecule has 6 rings (SSSR count). The zero-order valence-corrected chi connectivity index (χ0v) is 24.7. The van der Waals surface area contributed by atoms with Crippen molar-refractivity contribution in [1.29, 1.82) is 0 Å². The molecule has 47 heavy (non-hydrogen) atoms. The minimum absolute atomic E-state index is 0.140. The fraction of sp³-hybridized carbons (Fsp3) is 0.333. The van der Waals surface area contributed by atoms with E-state index < -0.39 is 84.4 Å². The summed E-state index contributed by atoms with van der Waals surface area (Å²) in [5.74, 6) is -11.7. The molecule has 4 aromatic rings. The average Bonchev–Trinajstić information content (AvgIpc) is 3.53. The van der Waals surface area contributed by atoms with E-state index in [1.54, 1.807) is 37.4 Å². The number of ketones is 1. The van der Waals surface area contributed by atoms with Crippen LogP contribution in [0, 0.1) is 11.6 Å². The standard InChI is InChI=1S/C33H26F8N4O2/c1-44-15-20-12-18(4-5-25(20)31(44)47)24-3-2-8-42-27(24)19(9-17-10-21(34)14-22(35)11-17)13-23(46)16-45-29-26(28(43-45)30(36)37)32(38,39)6-7-33(29,40)41/h2-5,8,10-12,14,19,30H,6-7,9,13,15-16H2,1H3/t19-/m1/s1. The lowest BCUT2D eigenvalue weighted by Crippen LogP contribution is -2.33. The summed E-state index contributed by atoms with van der Waals surface area (Å²) < 4.78 is 115. The number of rotatable bonds is 9. The molecule has 1 aliphatic carbocycles. The molecule has 0 spiro atoms. The molecule has 6 nitrogen and oxygen atoms in total. The summed E-state index contributed by atoms with van der Waals surface area (Å²) in [6, 6.07) is 11.2. The normalized spacial score (nSPS) is 17.1. The molecular formula is C33H26F8N4O2. The number of hydrogen-bond acceptors (Lipinski definition) is 4. The van der Waals surface area contributed by atoms with Crippen LogP contribution in [0.4, 0.5) is 35.1 Å². The SMILES string of the molecule is CN1Cc2cc(-c3cccnc3[C@@H](CC(=O)Cn3nc(C(F)F)c4c3C(F)(F)CCC4(F)F)Cc3cc(F)cc(F)c3)ccc2C1=O. The van der Waals surface area contributed by atoms with Gasteiger partial charge >= 0.3 is 0 Å². The summed E-state index contributed by atoms with van der Waals surface area (Å²) >= 11 is 0. The van der Waals surface area contributed by atoms with Gasteiger partial charge in [-0.1, -0.05) is 12.1 Å². The van der Waals surface area contributed by atoms with Gasteiger partial charge in [-0.15, -0.1) is 0 Å². The van der Waals surface area contributed by atoms with E-state index in [-0.39, 0.29) is 28.3 Å². The van der Waals surface area contributed by atoms with E-state index in [2.05, 4.69) is 10.1 Å². The van der Waals surface area contributed by atoms with Gasteiger partial charge < -0.3 is 4.90 Å². The maximum Gasteiger partial charge on any atom is 0.290 e. The Morgan fingerprint density at radius 1 is 0.936 bits per heavy atom. The summed E-state index contributed by atoms with van der Waals surface area (Å²) in [6.07, 6.45) is -5.54. The van der Waals surface area contributed by atoms with Gasteiger partial charge in [-0.2, -0.15) is 13.9 Å². The number of pyridine rings is 1. The van der Waals surface area contributed by atoms with Crippen molar-refractivity contribution in [2.45, 2.75) is 63.0 Å². The third-order valence-electron chi connectivity index (χ3n) is 8.48. The highest BCUT2D eigenvalue weighted by atomic mass is 19.3. The van der Waals surface area contributed by atoms with E-state index in [0.29, 0.717) is 29.3 Å². The lowest BCUT2D eigenvalue weighted by molar-refractivity contribution is -0.121. The summed E-state index contributed by atoms with van der Waals surface area (Å²) in [4.78, 5) is 32.0. The summed E-state index contributed by atoms with van der Waals surface area (Å²) in [6.45, 7) is -0.690. The fourth-order valence-electron chi connectivity index (χ4n) is 6.44. The number of Topliss-reactive ketones (excluding diaryl/α,β-unsaturated/α-hetero) is 1. The van der Waals surface area contributed by atoms with Crippen molar-refractivity contribution in [3.8, 4) is 11.1 Å². The predicted molar refractivity (Wildman–Crippen MR) is 152 cm³/mol. The van der Waals surface area contributed by atoms with E-state index in [0.717, 1.165) is 17.7 Å². The first-order valence-corrected chi connectivity index (χ1v) is 14.6. The van der Waals surface area contributed by atoms with Crippen LogP contribution >= 0.6 is 0 Å². The van der Waals surface area contributed by atoms with Gasteiger partial charge in [-0.3, -0.25) is 19.3 Å². The topological polar surface area (TPSA) is 68.1 Å². The highest BCUT2D eigenvalue weighted by Gasteiger charge is 2.55. The molecule has 1 atom stereocenters. The number of aromatic nitrogens is 3. The molecule has 0 bridgehead atoms. The first-order valence-electron chi connectivity index (χ1n) is 14.6. The number of amides is 1. The molecule has 2 aromatic carbocycles. The van der Waals surface area contributed by atoms with Crippen LogP contribution in [0.1, 0.15) is 75.7 Å². The minimum atomic E-state index is -4.01. The molecule has 2 aliphatic rings. The number of carbonyl (C=O) groups excluding carboxylic acids is 2. The Balaban J connectivity index is 1.39. The van der Waals surface area contributed by atoms with Crippen molar-refractivity contribution in [2.75, 3.05) is 7.05 Å². The second-order valence-electron chi connectivity index (χ2n) is 11.9. The molecule has 14 heteroatoms. The third kappa shape index (κ3) is 6.12. The van der Waals surface area contributed by atoms with Crippen molar-refractivity contribution in [3.63, 3.8) is 0 Å². The third-order valence-corrected chi connectivity index (χ3v) is 8.48. The molecule has 0 N–H and O–H groups in total. The Labute approximate surface area is 263 Å². The van der Waals surface area contributed by atoms with Crippen LogP contribution in [-0.2, 0) is 36.1 Å². The first-order chi connectivity index (χ1) is 22.1. The van der Waals surface area contributed by atoms with Gasteiger partial charge in [0.05, 0.1) is 11.3 Å². The number of fused-ring (bicyclic) bond motifs is 2. The molecule has 0 unspecified atom stereocenters. The molecule has 1 amide bonds. The Morgan fingerprint density at radius 2 is 1.64 bits per heavy atom. The van der Waals surface area contributed by atoms with Crippen molar-refractivity contribution in [3.05, 3.63) is 106 Å². The molecule has 2 aromatic heterocycles.